The van der Waals surface area contributed by atoms with E-state index in [-0.39, 0.29) is 29.4 Å². The van der Waals surface area contributed by atoms with Crippen LogP contribution in [-0.2, 0) is 6.54 Å². The fourth-order valence-corrected chi connectivity index (χ4v) is 3.07. The van der Waals surface area contributed by atoms with Crippen LogP contribution in [0.1, 0.15) is 15.9 Å². The minimum absolute atomic E-state index is 0.0129. The molecule has 0 unspecified atom stereocenters. The minimum Gasteiger partial charge on any atom is -0.493 e. The number of carbonyl (C=O) groups excluding carboxylic acids is 1. The molecule has 2 rings (SSSR count). The second-order valence-electron chi connectivity index (χ2n) is 5.32. The summed E-state index contributed by atoms with van der Waals surface area (Å²) in [6.45, 7) is -1.52. The van der Waals surface area contributed by atoms with Crippen molar-refractivity contribution in [1.29, 1.82) is 0 Å². The van der Waals surface area contributed by atoms with Crippen molar-refractivity contribution >= 4 is 17.2 Å². The van der Waals surface area contributed by atoms with Crippen molar-refractivity contribution < 1.29 is 32.2 Å². The van der Waals surface area contributed by atoms with Crippen LogP contribution in [0.5, 0.6) is 17.2 Å². The average molecular weight is 389 g/mol. The Morgan fingerprint density at radius 3 is 2.15 bits per heavy atom. The standard InChI is InChI=1S/C17H18F3NO4S/c1-23-13-6-12(7-14(24-2)15(13)25-3)16(22)21(10-17(18,19)20)8-11-4-5-26-9-11/h4-7,9H,8,10H2,1-3H3. The van der Waals surface area contributed by atoms with Gasteiger partial charge in [-0.15, -0.1) is 0 Å². The van der Waals surface area contributed by atoms with Crippen molar-refractivity contribution in [2.75, 3.05) is 27.9 Å². The molecule has 5 nitrogen and oxygen atoms in total. The van der Waals surface area contributed by atoms with Crippen LogP contribution in [0.2, 0.25) is 0 Å². The molecule has 0 aliphatic carbocycles. The first-order chi connectivity index (χ1) is 12.3. The number of nitrogens with zero attached hydrogens (tertiary/aromatic N) is 1. The molecule has 9 heteroatoms. The molecule has 1 heterocycles. The molecule has 142 valence electrons. The second-order valence-corrected chi connectivity index (χ2v) is 6.10. The molecule has 0 spiro atoms. The summed E-state index contributed by atoms with van der Waals surface area (Å²) in [5.74, 6) is -0.144. The van der Waals surface area contributed by atoms with E-state index in [0.29, 0.717) is 5.56 Å². The van der Waals surface area contributed by atoms with E-state index in [1.165, 1.54) is 44.8 Å². The Morgan fingerprint density at radius 1 is 1.12 bits per heavy atom. The first kappa shape index (κ1) is 19.9. The maximum absolute atomic E-state index is 13.0. The molecule has 2 aromatic rings. The zero-order chi connectivity index (χ0) is 19.3. The Kier molecular flexibility index (Phi) is 6.36. The molecule has 1 amide bonds. The van der Waals surface area contributed by atoms with Crippen molar-refractivity contribution in [3.8, 4) is 17.2 Å². The molecule has 0 bridgehead atoms. The summed E-state index contributed by atoms with van der Waals surface area (Å²) in [4.78, 5) is 13.5. The smallest absolute Gasteiger partial charge is 0.406 e. The van der Waals surface area contributed by atoms with Gasteiger partial charge in [0.1, 0.15) is 6.54 Å². The van der Waals surface area contributed by atoms with Crippen molar-refractivity contribution in [3.05, 3.63) is 40.1 Å². The third-order valence-corrected chi connectivity index (χ3v) is 4.25. The molecule has 0 aliphatic heterocycles. The monoisotopic (exact) mass is 389 g/mol. The lowest BCUT2D eigenvalue weighted by Gasteiger charge is -2.24. The number of carbonyl (C=O) groups is 1. The summed E-state index contributed by atoms with van der Waals surface area (Å²) < 4.78 is 54.4. The second kappa shape index (κ2) is 8.31. The van der Waals surface area contributed by atoms with E-state index in [4.69, 9.17) is 14.2 Å². The predicted molar refractivity (Wildman–Crippen MR) is 91.2 cm³/mol. The van der Waals surface area contributed by atoms with E-state index in [0.717, 1.165) is 4.90 Å². The quantitative estimate of drug-likeness (QED) is 0.719. The summed E-state index contributed by atoms with van der Waals surface area (Å²) in [6, 6.07) is 4.35. The van der Waals surface area contributed by atoms with Crippen LogP contribution in [0.25, 0.3) is 0 Å². The highest BCUT2D eigenvalue weighted by Crippen LogP contribution is 2.38. The fraction of sp³-hybridized carbons (Fsp3) is 0.353. The Morgan fingerprint density at radius 2 is 1.73 bits per heavy atom. The Balaban J connectivity index is 2.40. The fourth-order valence-electron chi connectivity index (χ4n) is 2.41. The Hall–Kier alpha value is -2.42. The maximum Gasteiger partial charge on any atom is 0.406 e. The number of benzene rings is 1. The molecular formula is C17H18F3NO4S. The lowest BCUT2D eigenvalue weighted by atomic mass is 10.1. The number of halogens is 3. The molecule has 26 heavy (non-hydrogen) atoms. The SMILES string of the molecule is COc1cc(C(=O)N(Cc2ccsc2)CC(F)(F)F)cc(OC)c1OC. The summed E-state index contributed by atoms with van der Waals surface area (Å²) in [6.07, 6.45) is -4.52. The van der Waals surface area contributed by atoms with Crippen LogP contribution in [-0.4, -0.2) is 44.9 Å². The molecule has 0 saturated carbocycles. The predicted octanol–water partition coefficient (Wildman–Crippen LogP) is 3.98. The van der Waals surface area contributed by atoms with Crippen molar-refractivity contribution in [2.45, 2.75) is 12.7 Å². The largest absolute Gasteiger partial charge is 0.493 e. The van der Waals surface area contributed by atoms with Gasteiger partial charge in [0.2, 0.25) is 5.75 Å². The number of amides is 1. The molecule has 1 aromatic carbocycles. The highest BCUT2D eigenvalue weighted by Gasteiger charge is 2.34. The van der Waals surface area contributed by atoms with E-state index >= 15 is 0 Å². The van der Waals surface area contributed by atoms with Crippen LogP contribution in [0, 0.1) is 0 Å². The van der Waals surface area contributed by atoms with Crippen molar-refractivity contribution in [2.24, 2.45) is 0 Å². The molecular weight excluding hydrogens is 371 g/mol. The molecule has 0 radical (unpaired) electrons. The molecule has 0 saturated heterocycles. The van der Waals surface area contributed by atoms with Crippen LogP contribution < -0.4 is 14.2 Å². The first-order valence-electron chi connectivity index (χ1n) is 7.46. The van der Waals surface area contributed by atoms with Gasteiger partial charge in [-0.05, 0) is 34.5 Å². The van der Waals surface area contributed by atoms with Gasteiger partial charge in [-0.25, -0.2) is 0 Å². The number of hydrogen-bond acceptors (Lipinski definition) is 5. The maximum atomic E-state index is 13.0. The van der Waals surface area contributed by atoms with E-state index < -0.39 is 18.6 Å². The lowest BCUT2D eigenvalue weighted by Crippen LogP contribution is -2.38. The van der Waals surface area contributed by atoms with Gasteiger partial charge < -0.3 is 19.1 Å². The summed E-state index contributed by atoms with van der Waals surface area (Å²) in [5, 5.41) is 3.44. The van der Waals surface area contributed by atoms with E-state index in [9.17, 15) is 18.0 Å². The summed E-state index contributed by atoms with van der Waals surface area (Å²) in [7, 11) is 4.13. The number of alkyl halides is 3. The highest BCUT2D eigenvalue weighted by atomic mass is 32.1. The Bertz CT molecular complexity index is 722. The normalized spacial score (nSPS) is 11.2. The van der Waals surface area contributed by atoms with Crippen LogP contribution >= 0.6 is 11.3 Å². The molecule has 0 N–H and O–H groups in total. The van der Waals surface area contributed by atoms with Gasteiger partial charge >= 0.3 is 6.18 Å². The van der Waals surface area contributed by atoms with E-state index in [2.05, 4.69) is 0 Å². The number of rotatable bonds is 7. The van der Waals surface area contributed by atoms with Gasteiger partial charge in [0.15, 0.2) is 11.5 Å². The zero-order valence-corrected chi connectivity index (χ0v) is 15.2. The van der Waals surface area contributed by atoms with Gasteiger partial charge in [-0.1, -0.05) is 0 Å². The zero-order valence-electron chi connectivity index (χ0n) is 14.4. The van der Waals surface area contributed by atoms with Crippen LogP contribution in [0.3, 0.4) is 0 Å². The van der Waals surface area contributed by atoms with Gasteiger partial charge in [-0.3, -0.25) is 4.79 Å². The van der Waals surface area contributed by atoms with Crippen LogP contribution in [0.15, 0.2) is 29.0 Å². The molecule has 1 aromatic heterocycles. The number of methoxy groups -OCH3 is 3. The third-order valence-electron chi connectivity index (χ3n) is 3.52. The van der Waals surface area contributed by atoms with Gasteiger partial charge in [0.25, 0.3) is 5.91 Å². The average Bonchev–Trinajstić information content (AvgIpc) is 3.11. The highest BCUT2D eigenvalue weighted by molar-refractivity contribution is 7.07. The molecule has 0 aliphatic rings. The summed E-state index contributed by atoms with van der Waals surface area (Å²) >= 11 is 1.35. The lowest BCUT2D eigenvalue weighted by molar-refractivity contribution is -0.141. The van der Waals surface area contributed by atoms with Gasteiger partial charge in [0, 0.05) is 12.1 Å². The van der Waals surface area contributed by atoms with Gasteiger partial charge in [0.05, 0.1) is 21.3 Å². The van der Waals surface area contributed by atoms with E-state index in [1.54, 1.807) is 16.8 Å². The van der Waals surface area contributed by atoms with E-state index in [1.807, 2.05) is 0 Å². The number of hydrogen-bond donors (Lipinski definition) is 0. The molecule has 0 atom stereocenters. The Labute approximate surface area is 152 Å². The number of ether oxygens (including phenoxy) is 3. The minimum atomic E-state index is -4.52. The van der Waals surface area contributed by atoms with Crippen molar-refractivity contribution in [1.82, 2.24) is 4.90 Å². The first-order valence-corrected chi connectivity index (χ1v) is 8.40. The van der Waals surface area contributed by atoms with Crippen LogP contribution in [0.4, 0.5) is 13.2 Å². The topological polar surface area (TPSA) is 48.0 Å². The molecule has 0 fully saturated rings. The third kappa shape index (κ3) is 4.81. The summed E-state index contributed by atoms with van der Waals surface area (Å²) in [5.41, 5.74) is 0.638. The number of thiophene rings is 1. The van der Waals surface area contributed by atoms with Crippen molar-refractivity contribution in [3.63, 3.8) is 0 Å². The van der Waals surface area contributed by atoms with Gasteiger partial charge in [-0.2, -0.15) is 24.5 Å².